The van der Waals surface area contributed by atoms with Crippen molar-refractivity contribution in [3.8, 4) is 22.7 Å². The molecular weight excluding hydrogens is 381 g/mol. The second-order valence-corrected chi connectivity index (χ2v) is 6.34. The molecule has 2 amide bonds. The molecule has 1 atom stereocenters. The van der Waals surface area contributed by atoms with Crippen LogP contribution in [0.2, 0.25) is 0 Å². The van der Waals surface area contributed by atoms with Gasteiger partial charge >= 0.3 is 6.09 Å². The van der Waals surface area contributed by atoms with Gasteiger partial charge in [-0.2, -0.15) is 4.98 Å². The van der Waals surface area contributed by atoms with E-state index < -0.39 is 23.9 Å². The lowest BCUT2D eigenvalue weighted by Crippen LogP contribution is -2.35. The highest BCUT2D eigenvalue weighted by molar-refractivity contribution is 5.95. The number of aryl methyl sites for hydroxylation is 1. The number of hydrogen-bond donors (Lipinski definition) is 1. The molecule has 1 aliphatic heterocycles. The Bertz CT molecular complexity index is 1080. The Morgan fingerprint density at radius 2 is 2.14 bits per heavy atom. The molecule has 0 spiro atoms. The van der Waals surface area contributed by atoms with Gasteiger partial charge in [0, 0.05) is 24.4 Å². The minimum atomic E-state index is -0.930. The number of carbonyl (C=O) groups is 2. The van der Waals surface area contributed by atoms with Crippen molar-refractivity contribution in [1.29, 1.82) is 0 Å². The maximum atomic E-state index is 14.7. The molecule has 148 valence electrons. The van der Waals surface area contributed by atoms with Gasteiger partial charge in [-0.25, -0.2) is 9.18 Å². The maximum absolute atomic E-state index is 14.7. The average molecular weight is 397 g/mol. The summed E-state index contributed by atoms with van der Waals surface area (Å²) in [6.45, 7) is 1.71. The van der Waals surface area contributed by atoms with Crippen LogP contribution in [0.3, 0.4) is 0 Å². The van der Waals surface area contributed by atoms with Gasteiger partial charge in [-0.05, 0) is 31.2 Å². The van der Waals surface area contributed by atoms with Crippen molar-refractivity contribution >= 4 is 17.7 Å². The molecule has 3 aromatic rings. The summed E-state index contributed by atoms with van der Waals surface area (Å²) in [5.74, 6) is -0.183. The number of rotatable bonds is 4. The largest absolute Gasteiger partial charge is 0.434 e. The van der Waals surface area contributed by atoms with E-state index in [1.807, 2.05) is 0 Å². The van der Waals surface area contributed by atoms with Crippen LogP contribution in [0.4, 0.5) is 14.9 Å². The second kappa shape index (κ2) is 7.30. The Kier molecular flexibility index (Phi) is 4.67. The van der Waals surface area contributed by atoms with Gasteiger partial charge < -0.3 is 14.6 Å². The highest BCUT2D eigenvalue weighted by Crippen LogP contribution is 2.29. The van der Waals surface area contributed by atoms with Crippen LogP contribution in [0.15, 0.2) is 41.1 Å². The second-order valence-electron chi connectivity index (χ2n) is 6.34. The molecule has 3 heterocycles. The topological polar surface area (TPSA) is 110 Å². The minimum Gasteiger partial charge on any atom is -0.434 e. The Morgan fingerprint density at radius 1 is 1.31 bits per heavy atom. The number of anilines is 1. The molecule has 0 aliphatic carbocycles. The van der Waals surface area contributed by atoms with Crippen molar-refractivity contribution < 1.29 is 23.2 Å². The molecule has 4 rings (SSSR count). The summed E-state index contributed by atoms with van der Waals surface area (Å²) in [4.78, 5) is 33.2. The summed E-state index contributed by atoms with van der Waals surface area (Å²) in [6, 6.07) is 7.69. The van der Waals surface area contributed by atoms with Gasteiger partial charge in [0.05, 0.1) is 12.2 Å². The summed E-state index contributed by atoms with van der Waals surface area (Å²) in [7, 11) is 1.45. The minimum absolute atomic E-state index is 0.0111. The molecule has 1 saturated heterocycles. The van der Waals surface area contributed by atoms with Crippen LogP contribution in [0.5, 0.6) is 0 Å². The lowest BCUT2D eigenvalue weighted by atomic mass is 10.1. The molecule has 0 bridgehead atoms. The van der Waals surface area contributed by atoms with Crippen molar-refractivity contribution in [2.24, 2.45) is 0 Å². The summed E-state index contributed by atoms with van der Waals surface area (Å²) in [6.07, 6.45) is -0.134. The molecule has 0 unspecified atom stereocenters. The predicted octanol–water partition coefficient (Wildman–Crippen LogP) is 2.32. The normalized spacial score (nSPS) is 16.0. The van der Waals surface area contributed by atoms with Gasteiger partial charge in [-0.15, -0.1) is 0 Å². The van der Waals surface area contributed by atoms with Gasteiger partial charge in [-0.3, -0.25) is 14.7 Å². The molecule has 9 nitrogen and oxygen atoms in total. The van der Waals surface area contributed by atoms with Crippen LogP contribution >= 0.6 is 0 Å². The Labute approximate surface area is 164 Å². The number of cyclic esters (lactones) is 1. The summed E-state index contributed by atoms with van der Waals surface area (Å²) in [5.41, 5.74) is 1.63. The molecule has 0 radical (unpaired) electrons. The van der Waals surface area contributed by atoms with Crippen molar-refractivity contribution in [1.82, 2.24) is 20.4 Å². The molecule has 1 fully saturated rings. The molecule has 10 heteroatoms. The smallest absolute Gasteiger partial charge is 0.415 e. The van der Waals surface area contributed by atoms with E-state index in [0.717, 1.165) is 0 Å². The van der Waals surface area contributed by atoms with Gasteiger partial charge in [0.1, 0.15) is 11.5 Å². The van der Waals surface area contributed by atoms with Gasteiger partial charge in [0.25, 0.3) is 11.8 Å². The first kappa shape index (κ1) is 18.5. The summed E-state index contributed by atoms with van der Waals surface area (Å²) >= 11 is 0. The Hall–Kier alpha value is -3.82. The third-order valence-corrected chi connectivity index (χ3v) is 4.44. The van der Waals surface area contributed by atoms with E-state index in [1.54, 1.807) is 31.2 Å². The number of benzene rings is 1. The van der Waals surface area contributed by atoms with E-state index in [4.69, 9.17) is 9.26 Å². The first-order valence-corrected chi connectivity index (χ1v) is 8.72. The number of nitrogens with one attached hydrogen (secondary N) is 1. The summed E-state index contributed by atoms with van der Waals surface area (Å²) < 4.78 is 24.8. The number of hydrogen-bond acceptors (Lipinski definition) is 7. The van der Waals surface area contributed by atoms with Crippen molar-refractivity contribution in [3.05, 3.63) is 48.2 Å². The molecule has 29 heavy (non-hydrogen) atoms. The monoisotopic (exact) mass is 397 g/mol. The first-order valence-electron chi connectivity index (χ1n) is 8.72. The van der Waals surface area contributed by atoms with E-state index in [9.17, 15) is 14.0 Å². The SMILES string of the molecule is CNC(=O)[C@H]1CN(c2ccc(-c3ccc(-c4nc(C)no4)nc3)c(F)c2)C(=O)O1. The fourth-order valence-electron chi connectivity index (χ4n) is 2.96. The fraction of sp³-hybridized carbons (Fsp3) is 0.211. The Balaban J connectivity index is 1.56. The van der Waals surface area contributed by atoms with Crippen LogP contribution in [0, 0.1) is 12.7 Å². The van der Waals surface area contributed by atoms with E-state index >= 15 is 0 Å². The van der Waals surface area contributed by atoms with Crippen LogP contribution in [0.1, 0.15) is 5.82 Å². The fourth-order valence-corrected chi connectivity index (χ4v) is 2.96. The summed E-state index contributed by atoms with van der Waals surface area (Å²) in [5, 5.41) is 6.13. The number of pyridine rings is 1. The molecule has 2 aromatic heterocycles. The highest BCUT2D eigenvalue weighted by atomic mass is 19.1. The first-order chi connectivity index (χ1) is 14.0. The molecule has 0 saturated carbocycles. The zero-order chi connectivity index (χ0) is 20.5. The van der Waals surface area contributed by atoms with Crippen molar-refractivity contribution in [2.45, 2.75) is 13.0 Å². The quantitative estimate of drug-likeness (QED) is 0.719. The lowest BCUT2D eigenvalue weighted by molar-refractivity contribution is -0.127. The third kappa shape index (κ3) is 3.51. The lowest BCUT2D eigenvalue weighted by Gasteiger charge is -2.14. The molecule has 1 aromatic carbocycles. The Morgan fingerprint density at radius 3 is 2.76 bits per heavy atom. The number of ether oxygens (including phenoxy) is 1. The number of aromatic nitrogens is 3. The van der Waals surface area contributed by atoms with E-state index in [-0.39, 0.29) is 12.4 Å². The van der Waals surface area contributed by atoms with Crippen LogP contribution < -0.4 is 10.2 Å². The van der Waals surface area contributed by atoms with Gasteiger partial charge in [-0.1, -0.05) is 11.2 Å². The van der Waals surface area contributed by atoms with Gasteiger partial charge in [0.2, 0.25) is 0 Å². The van der Waals surface area contributed by atoms with Crippen LogP contribution in [-0.4, -0.2) is 46.8 Å². The third-order valence-electron chi connectivity index (χ3n) is 4.44. The number of halogens is 1. The zero-order valence-electron chi connectivity index (χ0n) is 15.5. The number of nitrogens with zero attached hydrogens (tertiary/aromatic N) is 4. The van der Waals surface area contributed by atoms with Crippen LogP contribution in [-0.2, 0) is 9.53 Å². The zero-order valence-corrected chi connectivity index (χ0v) is 15.5. The maximum Gasteiger partial charge on any atom is 0.415 e. The van der Waals surface area contributed by atoms with Crippen molar-refractivity contribution in [3.63, 3.8) is 0 Å². The predicted molar refractivity (Wildman–Crippen MR) is 99.3 cm³/mol. The van der Waals surface area contributed by atoms with E-state index in [2.05, 4.69) is 20.4 Å². The van der Waals surface area contributed by atoms with Crippen molar-refractivity contribution in [2.75, 3.05) is 18.5 Å². The van der Waals surface area contributed by atoms with E-state index in [0.29, 0.717) is 28.3 Å². The molecule has 1 aliphatic rings. The van der Waals surface area contributed by atoms with Gasteiger partial charge in [0.15, 0.2) is 11.9 Å². The number of carbonyl (C=O) groups excluding carboxylic acids is 2. The highest BCUT2D eigenvalue weighted by Gasteiger charge is 2.36. The number of likely N-dealkylation sites (N-methyl/N-ethyl adjacent to an activating group) is 1. The van der Waals surface area contributed by atoms with Crippen LogP contribution in [0.25, 0.3) is 22.7 Å². The standard InChI is InChI=1S/C19H16FN5O4/c1-10-23-18(29-24-10)15-6-3-11(8-22-15)13-5-4-12(7-14(13)20)25-9-16(17(26)21-2)28-19(25)27/h3-8,16H,9H2,1-2H3,(H,21,26)/t16-/m1/s1. The van der Waals surface area contributed by atoms with E-state index in [1.165, 1.54) is 24.2 Å². The number of amides is 2. The molecule has 1 N–H and O–H groups in total. The molecular formula is C19H16FN5O4. The average Bonchev–Trinajstić information content (AvgIpc) is 3.33.